The van der Waals surface area contributed by atoms with E-state index in [0.717, 1.165) is 24.3 Å². The molecular weight excluding hydrogens is 412 g/mol. The third-order valence-corrected chi connectivity index (χ3v) is 5.18. The minimum Gasteiger partial charge on any atom is -0.388 e. The van der Waals surface area contributed by atoms with Crippen molar-refractivity contribution in [3.05, 3.63) is 59.9 Å². The minimum atomic E-state index is 0.0355. The number of carbonyl (C=O) groups excluding carboxylic acids is 2. The zero-order valence-electron chi connectivity index (χ0n) is 18.9. The Kier molecular flexibility index (Phi) is 13.8. The largest absolute Gasteiger partial charge is 0.388 e. The summed E-state index contributed by atoms with van der Waals surface area (Å²) in [6.07, 6.45) is 5.57. The first kappa shape index (κ1) is 26.5. The molecule has 7 nitrogen and oxygen atoms in total. The van der Waals surface area contributed by atoms with Crippen LogP contribution in [0.4, 0.5) is 5.69 Å². The lowest BCUT2D eigenvalue weighted by molar-refractivity contribution is -0.119. The van der Waals surface area contributed by atoms with Gasteiger partial charge in [0.25, 0.3) is 5.91 Å². The van der Waals surface area contributed by atoms with Crippen LogP contribution >= 0.6 is 11.9 Å². The summed E-state index contributed by atoms with van der Waals surface area (Å²) >= 11 is 1.67. The summed E-state index contributed by atoms with van der Waals surface area (Å²) in [6, 6.07) is 11.5. The fourth-order valence-electron chi connectivity index (χ4n) is 2.58. The number of amides is 2. The maximum absolute atomic E-state index is 12.4. The molecule has 0 atom stereocenters. The van der Waals surface area contributed by atoms with Crippen LogP contribution in [0.1, 0.15) is 29.3 Å². The molecule has 1 N–H and O–H groups in total. The molecule has 0 unspecified atom stereocenters. The predicted octanol–water partition coefficient (Wildman–Crippen LogP) is 3.72. The molecule has 1 saturated heterocycles. The van der Waals surface area contributed by atoms with Crippen molar-refractivity contribution in [3.63, 3.8) is 0 Å². The highest BCUT2D eigenvalue weighted by Crippen LogP contribution is 2.16. The van der Waals surface area contributed by atoms with Crippen LogP contribution in [-0.2, 0) is 9.53 Å². The standard InChI is InChI=1S/C15H21N3O2S.C6H7N.C2H6O/c1-2-11-21-16-14-5-3-13(4-6-14)15(20)18-9-7-17(12-19)8-10-18;1-6-3-2-4-7-5-6;1-3-2/h3-6,12,16H,2,7-11H2,1H3;2-5H,1H3;1-2H3. The van der Waals surface area contributed by atoms with Gasteiger partial charge in [-0.25, -0.2) is 0 Å². The lowest BCUT2D eigenvalue weighted by atomic mass is 10.1. The van der Waals surface area contributed by atoms with E-state index < -0.39 is 0 Å². The normalized spacial score (nSPS) is 12.6. The zero-order chi connectivity index (χ0) is 22.9. The number of aromatic nitrogens is 1. The Balaban J connectivity index is 0.000000397. The van der Waals surface area contributed by atoms with Crippen molar-refractivity contribution in [2.24, 2.45) is 0 Å². The van der Waals surface area contributed by atoms with Crippen molar-refractivity contribution >= 4 is 30.0 Å². The highest BCUT2D eigenvalue weighted by Gasteiger charge is 2.21. The van der Waals surface area contributed by atoms with E-state index in [1.54, 1.807) is 42.2 Å². The van der Waals surface area contributed by atoms with Gasteiger partial charge < -0.3 is 19.3 Å². The number of rotatable bonds is 6. The van der Waals surface area contributed by atoms with Gasteiger partial charge in [-0.1, -0.05) is 24.9 Å². The Morgan fingerprint density at radius 1 is 1.16 bits per heavy atom. The molecule has 0 aliphatic carbocycles. The molecule has 1 aliphatic rings. The molecule has 1 aromatic heterocycles. The number of hydrogen-bond donors (Lipinski definition) is 1. The molecule has 2 aromatic rings. The maximum atomic E-state index is 12.4. The van der Waals surface area contributed by atoms with E-state index in [2.05, 4.69) is 21.4 Å². The molecule has 2 amide bonds. The van der Waals surface area contributed by atoms with E-state index in [9.17, 15) is 9.59 Å². The highest BCUT2D eigenvalue weighted by atomic mass is 32.2. The van der Waals surface area contributed by atoms with Gasteiger partial charge >= 0.3 is 0 Å². The Morgan fingerprint density at radius 3 is 2.26 bits per heavy atom. The number of benzene rings is 1. The smallest absolute Gasteiger partial charge is 0.253 e. The summed E-state index contributed by atoms with van der Waals surface area (Å²) in [5.41, 5.74) is 2.92. The number of aryl methyl sites for hydroxylation is 1. The molecule has 0 spiro atoms. The molecule has 0 radical (unpaired) electrons. The van der Waals surface area contributed by atoms with Crippen LogP contribution in [0.2, 0.25) is 0 Å². The average Bonchev–Trinajstić information content (AvgIpc) is 2.81. The third-order valence-electron chi connectivity index (χ3n) is 4.19. The minimum absolute atomic E-state index is 0.0355. The van der Waals surface area contributed by atoms with Crippen LogP contribution in [0.5, 0.6) is 0 Å². The van der Waals surface area contributed by atoms with Crippen LogP contribution in [0, 0.1) is 6.92 Å². The van der Waals surface area contributed by atoms with Gasteiger partial charge in [-0.3, -0.25) is 14.6 Å². The van der Waals surface area contributed by atoms with E-state index in [4.69, 9.17) is 0 Å². The second kappa shape index (κ2) is 16.2. The molecule has 31 heavy (non-hydrogen) atoms. The summed E-state index contributed by atoms with van der Waals surface area (Å²) in [5, 5.41) is 0. The molecule has 8 heteroatoms. The zero-order valence-corrected chi connectivity index (χ0v) is 19.7. The summed E-state index contributed by atoms with van der Waals surface area (Å²) in [7, 11) is 3.25. The van der Waals surface area contributed by atoms with Crippen LogP contribution in [-0.4, -0.2) is 73.3 Å². The molecule has 1 fully saturated rings. The lowest BCUT2D eigenvalue weighted by Gasteiger charge is -2.32. The van der Waals surface area contributed by atoms with Crippen molar-refractivity contribution in [2.45, 2.75) is 20.3 Å². The number of anilines is 1. The maximum Gasteiger partial charge on any atom is 0.253 e. The molecular formula is C23H34N4O3S. The van der Waals surface area contributed by atoms with Gasteiger partial charge in [-0.2, -0.15) is 0 Å². The number of nitrogens with one attached hydrogen (secondary N) is 1. The van der Waals surface area contributed by atoms with E-state index in [-0.39, 0.29) is 5.91 Å². The van der Waals surface area contributed by atoms with Crippen molar-refractivity contribution in [3.8, 4) is 0 Å². The fourth-order valence-corrected chi connectivity index (χ4v) is 3.19. The van der Waals surface area contributed by atoms with Gasteiger partial charge in [0.2, 0.25) is 6.41 Å². The Labute approximate surface area is 190 Å². The van der Waals surface area contributed by atoms with Crippen molar-refractivity contribution < 1.29 is 14.3 Å². The van der Waals surface area contributed by atoms with Gasteiger partial charge in [0.05, 0.1) is 0 Å². The second-order valence-corrected chi connectivity index (χ2v) is 7.80. The van der Waals surface area contributed by atoms with E-state index >= 15 is 0 Å². The molecule has 3 rings (SSSR count). The van der Waals surface area contributed by atoms with Crippen LogP contribution in [0.25, 0.3) is 0 Å². The number of pyridine rings is 1. The molecule has 0 bridgehead atoms. The predicted molar refractivity (Wildman–Crippen MR) is 128 cm³/mol. The molecule has 2 heterocycles. The number of carbonyl (C=O) groups is 2. The van der Waals surface area contributed by atoms with E-state index in [1.165, 1.54) is 5.56 Å². The van der Waals surface area contributed by atoms with Gasteiger partial charge in [0.15, 0.2) is 0 Å². The second-order valence-electron chi connectivity index (χ2n) is 6.90. The number of hydrogen-bond acceptors (Lipinski definition) is 6. The van der Waals surface area contributed by atoms with Crippen molar-refractivity contribution in [1.29, 1.82) is 0 Å². The molecule has 1 aliphatic heterocycles. The van der Waals surface area contributed by atoms with Gasteiger partial charge in [0.1, 0.15) is 0 Å². The number of nitrogens with zero attached hydrogens (tertiary/aromatic N) is 3. The Bertz CT molecular complexity index is 736. The molecule has 170 valence electrons. The molecule has 1 aromatic carbocycles. The Hall–Kier alpha value is -2.58. The third kappa shape index (κ3) is 10.8. The summed E-state index contributed by atoms with van der Waals surface area (Å²) in [4.78, 5) is 30.4. The summed E-state index contributed by atoms with van der Waals surface area (Å²) in [6.45, 7) is 6.59. The van der Waals surface area contributed by atoms with Crippen molar-refractivity contribution in [1.82, 2.24) is 14.8 Å². The first-order chi connectivity index (χ1) is 15.0. The quantitative estimate of drug-likeness (QED) is 0.414. The topological polar surface area (TPSA) is 74.8 Å². The first-order valence-electron chi connectivity index (χ1n) is 10.3. The SMILES string of the molecule is CCCSNc1ccc(C(=O)N2CCN(C=O)CC2)cc1.COC.Cc1cccnc1. The fraction of sp³-hybridized carbons (Fsp3) is 0.435. The summed E-state index contributed by atoms with van der Waals surface area (Å²) in [5.74, 6) is 1.09. The van der Waals surface area contributed by atoms with E-state index in [0.29, 0.717) is 31.7 Å². The lowest BCUT2D eigenvalue weighted by Crippen LogP contribution is -2.48. The summed E-state index contributed by atoms with van der Waals surface area (Å²) < 4.78 is 7.50. The van der Waals surface area contributed by atoms with Crippen LogP contribution in [0.3, 0.4) is 0 Å². The average molecular weight is 447 g/mol. The van der Waals surface area contributed by atoms with Gasteiger partial charge in [-0.05, 0) is 49.2 Å². The van der Waals surface area contributed by atoms with Gasteiger partial charge in [-0.15, -0.1) is 0 Å². The van der Waals surface area contributed by atoms with E-state index in [1.807, 2.05) is 49.5 Å². The van der Waals surface area contributed by atoms with Gasteiger partial charge in [0, 0.05) is 69.8 Å². The number of ether oxygens (including phenoxy) is 1. The van der Waals surface area contributed by atoms with Crippen molar-refractivity contribution in [2.75, 3.05) is 50.9 Å². The number of methoxy groups -OCH3 is 1. The first-order valence-corrected chi connectivity index (χ1v) is 11.3. The van der Waals surface area contributed by atoms with Crippen LogP contribution in [0.15, 0.2) is 48.8 Å². The Morgan fingerprint density at radius 2 is 1.81 bits per heavy atom. The molecule has 0 saturated carbocycles. The van der Waals surface area contributed by atoms with Crippen LogP contribution < -0.4 is 4.72 Å². The highest BCUT2D eigenvalue weighted by molar-refractivity contribution is 8.00. The monoisotopic (exact) mass is 446 g/mol. The number of piperazine rings is 1.